The van der Waals surface area contributed by atoms with E-state index in [1.807, 2.05) is 38.1 Å². The molecular formula is C15H20BrNO3. The van der Waals surface area contributed by atoms with Crippen LogP contribution in [0.2, 0.25) is 0 Å². The van der Waals surface area contributed by atoms with Crippen LogP contribution in [0.15, 0.2) is 28.7 Å². The van der Waals surface area contributed by atoms with Crippen LogP contribution in [-0.2, 0) is 16.0 Å². The molecule has 110 valence electrons. The molecule has 2 atom stereocenters. The Morgan fingerprint density at radius 2 is 1.90 bits per heavy atom. The number of carboxylic acid groups (broad SMARTS) is 1. The minimum atomic E-state index is -0.976. The fraction of sp³-hybridized carbons (Fsp3) is 0.467. The Bertz CT molecular complexity index is 459. The Kier molecular flexibility index (Phi) is 6.71. The molecule has 20 heavy (non-hydrogen) atoms. The van der Waals surface area contributed by atoms with Crippen molar-refractivity contribution in [1.29, 1.82) is 0 Å². The lowest BCUT2D eigenvalue weighted by molar-refractivity contribution is -0.143. The van der Waals surface area contributed by atoms with Crippen LogP contribution in [0.3, 0.4) is 0 Å². The highest BCUT2D eigenvalue weighted by molar-refractivity contribution is 9.10. The zero-order chi connectivity index (χ0) is 15.1. The highest BCUT2D eigenvalue weighted by Gasteiger charge is 2.24. The molecule has 1 aromatic carbocycles. The van der Waals surface area contributed by atoms with E-state index in [0.29, 0.717) is 19.3 Å². The standard InChI is InChI=1S/C15H20BrNO3/c1-3-10(2)14(15(19)20)17-13(18)9-6-11-4-7-12(16)8-5-11/h4-5,7-8,10,14H,3,6,9H2,1-2H3,(H,17,18)(H,19,20)/t10-,14-/m0/s1. The second kappa shape index (κ2) is 8.04. The lowest BCUT2D eigenvalue weighted by Gasteiger charge is -2.20. The Hall–Kier alpha value is -1.36. The van der Waals surface area contributed by atoms with E-state index in [4.69, 9.17) is 5.11 Å². The zero-order valence-electron chi connectivity index (χ0n) is 11.7. The van der Waals surface area contributed by atoms with Gasteiger partial charge in [-0.3, -0.25) is 4.79 Å². The van der Waals surface area contributed by atoms with Crippen molar-refractivity contribution in [2.75, 3.05) is 0 Å². The van der Waals surface area contributed by atoms with Gasteiger partial charge in [0, 0.05) is 10.9 Å². The predicted octanol–water partition coefficient (Wildman–Crippen LogP) is 3.00. The van der Waals surface area contributed by atoms with Crippen LogP contribution in [0.25, 0.3) is 0 Å². The summed E-state index contributed by atoms with van der Waals surface area (Å²) in [6, 6.07) is 6.93. The van der Waals surface area contributed by atoms with Crippen molar-refractivity contribution < 1.29 is 14.7 Å². The third-order valence-corrected chi connectivity index (χ3v) is 3.88. The number of aryl methyl sites for hydroxylation is 1. The van der Waals surface area contributed by atoms with Gasteiger partial charge >= 0.3 is 5.97 Å². The lowest BCUT2D eigenvalue weighted by Crippen LogP contribution is -2.45. The average Bonchev–Trinajstić information content (AvgIpc) is 2.43. The number of amides is 1. The molecule has 0 heterocycles. The van der Waals surface area contributed by atoms with Crippen molar-refractivity contribution >= 4 is 27.8 Å². The van der Waals surface area contributed by atoms with Crippen LogP contribution in [-0.4, -0.2) is 23.0 Å². The van der Waals surface area contributed by atoms with Gasteiger partial charge in [0.05, 0.1) is 0 Å². The fourth-order valence-corrected chi connectivity index (χ4v) is 2.10. The van der Waals surface area contributed by atoms with Gasteiger partial charge in [0.2, 0.25) is 5.91 Å². The van der Waals surface area contributed by atoms with Crippen LogP contribution in [0.5, 0.6) is 0 Å². The molecule has 4 nitrogen and oxygen atoms in total. The molecule has 0 spiro atoms. The molecule has 0 radical (unpaired) electrons. The molecule has 0 bridgehead atoms. The van der Waals surface area contributed by atoms with Gasteiger partial charge in [0.15, 0.2) is 0 Å². The zero-order valence-corrected chi connectivity index (χ0v) is 13.3. The molecule has 0 aliphatic carbocycles. The molecule has 0 fully saturated rings. The van der Waals surface area contributed by atoms with Crippen molar-refractivity contribution in [3.8, 4) is 0 Å². The topological polar surface area (TPSA) is 66.4 Å². The van der Waals surface area contributed by atoms with Crippen molar-refractivity contribution in [1.82, 2.24) is 5.32 Å². The number of hydrogen-bond donors (Lipinski definition) is 2. The van der Waals surface area contributed by atoms with Crippen molar-refractivity contribution in [2.24, 2.45) is 5.92 Å². The first kappa shape index (κ1) is 16.7. The molecule has 0 aromatic heterocycles. The summed E-state index contributed by atoms with van der Waals surface area (Å²) in [5.74, 6) is -1.28. The molecule has 1 rings (SSSR count). The number of carbonyl (C=O) groups excluding carboxylic acids is 1. The molecule has 0 aliphatic rings. The van der Waals surface area contributed by atoms with Crippen LogP contribution in [0.4, 0.5) is 0 Å². The molecule has 2 N–H and O–H groups in total. The summed E-state index contributed by atoms with van der Waals surface area (Å²) in [6.45, 7) is 3.74. The van der Waals surface area contributed by atoms with Gasteiger partial charge in [-0.05, 0) is 30.0 Å². The van der Waals surface area contributed by atoms with Gasteiger partial charge in [-0.15, -0.1) is 0 Å². The number of carboxylic acids is 1. The van der Waals surface area contributed by atoms with Crippen molar-refractivity contribution in [2.45, 2.75) is 39.2 Å². The van der Waals surface area contributed by atoms with E-state index in [-0.39, 0.29) is 11.8 Å². The van der Waals surface area contributed by atoms with Gasteiger partial charge < -0.3 is 10.4 Å². The van der Waals surface area contributed by atoms with E-state index in [1.54, 1.807) is 0 Å². The third kappa shape index (κ3) is 5.33. The molecule has 0 saturated heterocycles. The monoisotopic (exact) mass is 341 g/mol. The smallest absolute Gasteiger partial charge is 0.326 e. The summed E-state index contributed by atoms with van der Waals surface area (Å²) in [7, 11) is 0. The number of benzene rings is 1. The van der Waals surface area contributed by atoms with Gasteiger partial charge in [-0.1, -0.05) is 48.3 Å². The number of halogens is 1. The summed E-state index contributed by atoms with van der Waals surface area (Å²) in [5, 5.41) is 11.7. The quantitative estimate of drug-likeness (QED) is 0.801. The van der Waals surface area contributed by atoms with E-state index in [2.05, 4.69) is 21.2 Å². The maximum Gasteiger partial charge on any atom is 0.326 e. The number of rotatable bonds is 7. The first-order valence-electron chi connectivity index (χ1n) is 6.70. The van der Waals surface area contributed by atoms with Crippen LogP contribution in [0, 0.1) is 5.92 Å². The molecule has 0 saturated carbocycles. The van der Waals surface area contributed by atoms with E-state index < -0.39 is 12.0 Å². The number of hydrogen-bond acceptors (Lipinski definition) is 2. The molecule has 5 heteroatoms. The van der Waals surface area contributed by atoms with E-state index in [0.717, 1.165) is 10.0 Å². The minimum absolute atomic E-state index is 0.0795. The Labute approximate surface area is 127 Å². The minimum Gasteiger partial charge on any atom is -0.480 e. The van der Waals surface area contributed by atoms with Gasteiger partial charge in [-0.2, -0.15) is 0 Å². The van der Waals surface area contributed by atoms with E-state index >= 15 is 0 Å². The van der Waals surface area contributed by atoms with Crippen LogP contribution in [0.1, 0.15) is 32.3 Å². The second-order valence-corrected chi connectivity index (χ2v) is 5.81. The molecule has 1 amide bonds. The maximum atomic E-state index is 11.8. The Morgan fingerprint density at radius 3 is 2.40 bits per heavy atom. The van der Waals surface area contributed by atoms with Gasteiger partial charge in [-0.25, -0.2) is 4.79 Å². The first-order valence-corrected chi connectivity index (χ1v) is 7.50. The number of aliphatic carboxylic acids is 1. The van der Waals surface area contributed by atoms with Crippen LogP contribution < -0.4 is 5.32 Å². The first-order chi connectivity index (χ1) is 9.43. The maximum absolute atomic E-state index is 11.8. The number of nitrogens with one attached hydrogen (secondary N) is 1. The molecule has 1 aromatic rings. The number of carbonyl (C=O) groups is 2. The third-order valence-electron chi connectivity index (χ3n) is 3.35. The Balaban J connectivity index is 2.49. The Morgan fingerprint density at radius 1 is 1.30 bits per heavy atom. The molecular weight excluding hydrogens is 322 g/mol. The SMILES string of the molecule is CC[C@H](C)[C@H](NC(=O)CCc1ccc(Br)cc1)C(=O)O. The fourth-order valence-electron chi connectivity index (χ4n) is 1.84. The van der Waals surface area contributed by atoms with Gasteiger partial charge in [0.1, 0.15) is 6.04 Å². The average molecular weight is 342 g/mol. The summed E-state index contributed by atoms with van der Waals surface area (Å²) < 4.78 is 0.994. The summed E-state index contributed by atoms with van der Waals surface area (Å²) in [6.07, 6.45) is 1.61. The van der Waals surface area contributed by atoms with Gasteiger partial charge in [0.25, 0.3) is 0 Å². The molecule has 0 aliphatic heterocycles. The summed E-state index contributed by atoms with van der Waals surface area (Å²) >= 11 is 3.35. The highest BCUT2D eigenvalue weighted by atomic mass is 79.9. The lowest BCUT2D eigenvalue weighted by atomic mass is 9.99. The largest absolute Gasteiger partial charge is 0.480 e. The predicted molar refractivity (Wildman–Crippen MR) is 81.5 cm³/mol. The van der Waals surface area contributed by atoms with Crippen LogP contribution >= 0.6 is 15.9 Å². The summed E-state index contributed by atoms with van der Waals surface area (Å²) in [4.78, 5) is 23.0. The summed E-state index contributed by atoms with van der Waals surface area (Å²) in [5.41, 5.74) is 1.05. The van der Waals surface area contributed by atoms with Crippen molar-refractivity contribution in [3.63, 3.8) is 0 Å². The van der Waals surface area contributed by atoms with E-state index in [9.17, 15) is 9.59 Å². The van der Waals surface area contributed by atoms with E-state index in [1.165, 1.54) is 0 Å². The van der Waals surface area contributed by atoms with Crippen molar-refractivity contribution in [3.05, 3.63) is 34.3 Å². The normalized spacial score (nSPS) is 13.6. The highest BCUT2D eigenvalue weighted by Crippen LogP contribution is 2.12. The second-order valence-electron chi connectivity index (χ2n) is 4.90. The molecule has 0 unspecified atom stereocenters.